The Bertz CT molecular complexity index is 180. The van der Waals surface area contributed by atoms with Crippen molar-refractivity contribution in [1.82, 2.24) is 4.90 Å². The van der Waals surface area contributed by atoms with Crippen molar-refractivity contribution in [2.45, 2.75) is 6.92 Å². The molecule has 0 amide bonds. The van der Waals surface area contributed by atoms with Crippen molar-refractivity contribution < 1.29 is 0 Å². The van der Waals surface area contributed by atoms with Gasteiger partial charge in [0.05, 0.1) is 0 Å². The van der Waals surface area contributed by atoms with E-state index in [1.807, 2.05) is 11.8 Å². The molecule has 0 spiro atoms. The van der Waals surface area contributed by atoms with Gasteiger partial charge in [0.15, 0.2) is 0 Å². The molecule has 0 aromatic rings. The quantitative estimate of drug-likeness (QED) is 0.443. The molecule has 0 radical (unpaired) electrons. The van der Waals surface area contributed by atoms with Crippen molar-refractivity contribution in [2.75, 3.05) is 6.54 Å². The lowest BCUT2D eigenvalue weighted by atomic mass is 10.4. The van der Waals surface area contributed by atoms with Crippen LogP contribution in [-0.4, -0.2) is 17.3 Å². The van der Waals surface area contributed by atoms with Gasteiger partial charge in [-0.05, 0) is 19.2 Å². The van der Waals surface area contributed by atoms with E-state index in [0.29, 0.717) is 0 Å². The van der Waals surface area contributed by atoms with Crippen molar-refractivity contribution in [2.24, 2.45) is 4.99 Å². The van der Waals surface area contributed by atoms with Crippen LogP contribution in [0.3, 0.4) is 0 Å². The van der Waals surface area contributed by atoms with E-state index in [2.05, 4.69) is 24.7 Å². The number of nitrogens with zero attached hydrogens (tertiary/aromatic N) is 2. The van der Waals surface area contributed by atoms with Gasteiger partial charge in [-0.2, -0.15) is 0 Å². The van der Waals surface area contributed by atoms with Crippen LogP contribution in [0.25, 0.3) is 0 Å². The van der Waals surface area contributed by atoms with Crippen molar-refractivity contribution >= 4 is 5.84 Å². The number of rotatable bonds is 4. The molecule has 2 heteroatoms. The highest BCUT2D eigenvalue weighted by molar-refractivity contribution is 5.93. The Morgan fingerprint density at radius 3 is 2.36 bits per heavy atom. The molecule has 0 N–H and O–H groups in total. The summed E-state index contributed by atoms with van der Waals surface area (Å²) >= 11 is 0. The van der Waals surface area contributed by atoms with Gasteiger partial charge in [0.25, 0.3) is 0 Å². The minimum absolute atomic E-state index is 0.775. The van der Waals surface area contributed by atoms with E-state index >= 15 is 0 Å². The maximum Gasteiger partial charge on any atom is 0.131 e. The van der Waals surface area contributed by atoms with Crippen LogP contribution in [0.1, 0.15) is 6.92 Å². The number of amidine groups is 1. The lowest BCUT2D eigenvalue weighted by Crippen LogP contribution is -2.22. The second-order valence-electron chi connectivity index (χ2n) is 1.84. The third-order valence-electron chi connectivity index (χ3n) is 1.26. The fourth-order valence-corrected chi connectivity index (χ4v) is 0.722. The Hall–Kier alpha value is -1.31. The normalized spacial score (nSPS) is 10.5. The molecule has 0 saturated heterocycles. The molecular formula is C9H14N2. The molecule has 0 rings (SSSR count). The van der Waals surface area contributed by atoms with Crippen molar-refractivity contribution in [1.29, 1.82) is 0 Å². The number of hydrogen-bond donors (Lipinski definition) is 0. The van der Waals surface area contributed by atoms with Crippen LogP contribution < -0.4 is 0 Å². The minimum atomic E-state index is 0.775. The van der Waals surface area contributed by atoms with Crippen molar-refractivity contribution in [3.05, 3.63) is 38.2 Å². The molecule has 0 fully saturated rings. The van der Waals surface area contributed by atoms with E-state index in [1.54, 1.807) is 12.3 Å². The molecule has 0 aromatic heterocycles. The zero-order valence-electron chi connectivity index (χ0n) is 6.95. The third kappa shape index (κ3) is 2.85. The summed E-state index contributed by atoms with van der Waals surface area (Å²) < 4.78 is 0. The summed E-state index contributed by atoms with van der Waals surface area (Å²) in [5.74, 6) is 0.775. The first-order valence-corrected chi connectivity index (χ1v) is 3.50. The van der Waals surface area contributed by atoms with E-state index in [-0.39, 0.29) is 0 Å². The van der Waals surface area contributed by atoms with Crippen LogP contribution >= 0.6 is 0 Å². The SMILES string of the molecule is C=CN=C(C=C)N(C=C)CC. The van der Waals surface area contributed by atoms with Gasteiger partial charge in [-0.3, -0.25) is 0 Å². The summed E-state index contributed by atoms with van der Waals surface area (Å²) in [5.41, 5.74) is 0. The highest BCUT2D eigenvalue weighted by Gasteiger charge is 1.98. The average Bonchev–Trinajstić information content (AvgIpc) is 2.05. The van der Waals surface area contributed by atoms with Crippen LogP contribution in [-0.2, 0) is 0 Å². The Labute approximate surface area is 68.2 Å². The maximum atomic E-state index is 4.00. The van der Waals surface area contributed by atoms with Gasteiger partial charge < -0.3 is 4.90 Å². The third-order valence-corrected chi connectivity index (χ3v) is 1.26. The molecule has 0 saturated carbocycles. The van der Waals surface area contributed by atoms with Gasteiger partial charge >= 0.3 is 0 Å². The minimum Gasteiger partial charge on any atom is -0.334 e. The zero-order chi connectivity index (χ0) is 8.69. The standard InChI is InChI=1S/C9H14N2/c1-5-9(10-6-2)11(7-3)8-4/h5-7H,1-3,8H2,4H3. The fourth-order valence-electron chi connectivity index (χ4n) is 0.722. The monoisotopic (exact) mass is 150 g/mol. The zero-order valence-corrected chi connectivity index (χ0v) is 6.95. The van der Waals surface area contributed by atoms with Crippen LogP contribution in [0.2, 0.25) is 0 Å². The van der Waals surface area contributed by atoms with E-state index in [4.69, 9.17) is 0 Å². The van der Waals surface area contributed by atoms with Gasteiger partial charge in [0.1, 0.15) is 5.84 Å². The van der Waals surface area contributed by atoms with Gasteiger partial charge in [-0.25, -0.2) is 4.99 Å². The van der Waals surface area contributed by atoms with Crippen LogP contribution in [0, 0.1) is 0 Å². The topological polar surface area (TPSA) is 15.6 Å². The van der Waals surface area contributed by atoms with E-state index in [0.717, 1.165) is 12.4 Å². The van der Waals surface area contributed by atoms with E-state index in [1.165, 1.54) is 6.20 Å². The molecule has 0 aliphatic rings. The van der Waals surface area contributed by atoms with Crippen LogP contribution in [0.15, 0.2) is 43.2 Å². The summed E-state index contributed by atoms with van der Waals surface area (Å²) in [4.78, 5) is 5.89. The Balaban J connectivity index is 4.44. The second kappa shape index (κ2) is 5.47. The van der Waals surface area contributed by atoms with E-state index < -0.39 is 0 Å². The second-order valence-corrected chi connectivity index (χ2v) is 1.84. The molecule has 11 heavy (non-hydrogen) atoms. The molecule has 0 aliphatic heterocycles. The largest absolute Gasteiger partial charge is 0.334 e. The Kier molecular flexibility index (Phi) is 4.82. The molecule has 0 atom stereocenters. The van der Waals surface area contributed by atoms with Crippen molar-refractivity contribution in [3.63, 3.8) is 0 Å². The molecular weight excluding hydrogens is 136 g/mol. The van der Waals surface area contributed by atoms with Crippen molar-refractivity contribution in [3.8, 4) is 0 Å². The highest BCUT2D eigenvalue weighted by atomic mass is 15.2. The summed E-state index contributed by atoms with van der Waals surface area (Å²) in [6, 6.07) is 0. The lowest BCUT2D eigenvalue weighted by molar-refractivity contribution is 0.595. The summed E-state index contributed by atoms with van der Waals surface area (Å²) in [5, 5.41) is 0. The maximum absolute atomic E-state index is 4.00. The lowest BCUT2D eigenvalue weighted by Gasteiger charge is -2.16. The van der Waals surface area contributed by atoms with Crippen LogP contribution in [0.4, 0.5) is 0 Å². The molecule has 0 aromatic carbocycles. The summed E-state index contributed by atoms with van der Waals surface area (Å²) in [6.07, 6.45) is 4.88. The highest BCUT2D eigenvalue weighted by Crippen LogP contribution is 1.93. The van der Waals surface area contributed by atoms with Crippen LogP contribution in [0.5, 0.6) is 0 Å². The predicted octanol–water partition coefficient (Wildman–Crippen LogP) is 2.18. The Morgan fingerprint density at radius 1 is 1.45 bits per heavy atom. The molecule has 0 heterocycles. The smallest absolute Gasteiger partial charge is 0.131 e. The van der Waals surface area contributed by atoms with Gasteiger partial charge in [0, 0.05) is 12.7 Å². The average molecular weight is 150 g/mol. The summed E-state index contributed by atoms with van der Waals surface area (Å²) in [7, 11) is 0. The first-order chi connectivity index (χ1) is 5.29. The predicted molar refractivity (Wildman–Crippen MR) is 50.4 cm³/mol. The first-order valence-electron chi connectivity index (χ1n) is 3.50. The van der Waals surface area contributed by atoms with E-state index in [9.17, 15) is 0 Å². The number of hydrogen-bond acceptors (Lipinski definition) is 1. The molecule has 2 nitrogen and oxygen atoms in total. The molecule has 60 valence electrons. The first kappa shape index (κ1) is 9.69. The Morgan fingerprint density at radius 2 is 2.09 bits per heavy atom. The number of likely N-dealkylation sites (N-methyl/N-ethyl adjacent to an activating group) is 1. The van der Waals surface area contributed by atoms with Gasteiger partial charge in [-0.1, -0.05) is 19.7 Å². The molecule has 0 unspecified atom stereocenters. The fraction of sp³-hybridized carbons (Fsp3) is 0.222. The summed E-state index contributed by atoms with van der Waals surface area (Å²) in [6.45, 7) is 13.6. The van der Waals surface area contributed by atoms with Gasteiger partial charge in [-0.15, -0.1) is 0 Å². The molecule has 0 bridgehead atoms. The number of aliphatic imine (C=N–C) groups is 1. The van der Waals surface area contributed by atoms with Gasteiger partial charge in [0.2, 0.25) is 0 Å². The molecule has 0 aliphatic carbocycles.